The normalized spacial score (nSPS) is 15.9. The van der Waals surface area contributed by atoms with Crippen molar-refractivity contribution in [2.24, 2.45) is 0 Å². The van der Waals surface area contributed by atoms with Crippen LogP contribution in [0.4, 0.5) is 10.5 Å². The van der Waals surface area contributed by atoms with Crippen LogP contribution < -0.4 is 4.90 Å². The summed E-state index contributed by atoms with van der Waals surface area (Å²) in [4.78, 5) is 29.4. The van der Waals surface area contributed by atoms with Crippen LogP contribution in [0.1, 0.15) is 51.4 Å². The zero-order chi connectivity index (χ0) is 16.5. The number of aliphatic carboxylic acids is 1. The van der Waals surface area contributed by atoms with Crippen molar-refractivity contribution in [3.63, 3.8) is 0 Å². The maximum absolute atomic E-state index is 12.3. The first-order valence-electron chi connectivity index (χ1n) is 7.42. The average molecular weight is 306 g/mol. The second-order valence-corrected chi connectivity index (χ2v) is 6.50. The minimum atomic E-state index is -0.910. The van der Waals surface area contributed by atoms with Crippen molar-refractivity contribution in [1.82, 2.24) is 4.98 Å². The molecule has 0 saturated carbocycles. The van der Waals surface area contributed by atoms with Crippen molar-refractivity contribution in [3.05, 3.63) is 23.5 Å². The van der Waals surface area contributed by atoms with Crippen molar-refractivity contribution in [3.8, 4) is 0 Å². The Hall–Kier alpha value is -2.11. The molecule has 1 N–H and O–H groups in total. The molecule has 6 nitrogen and oxygen atoms in total. The molecule has 0 fully saturated rings. The van der Waals surface area contributed by atoms with E-state index in [4.69, 9.17) is 9.84 Å². The Kier molecular flexibility index (Phi) is 4.39. The summed E-state index contributed by atoms with van der Waals surface area (Å²) in [5.41, 5.74) is 1.42. The van der Waals surface area contributed by atoms with Crippen LogP contribution in [0.15, 0.2) is 12.1 Å². The van der Waals surface area contributed by atoms with Crippen LogP contribution in [0, 0.1) is 0 Å². The zero-order valence-corrected chi connectivity index (χ0v) is 13.4. The lowest BCUT2D eigenvalue weighted by molar-refractivity contribution is -0.138. The van der Waals surface area contributed by atoms with Gasteiger partial charge in [-0.3, -0.25) is 14.7 Å². The van der Waals surface area contributed by atoms with Gasteiger partial charge in [-0.1, -0.05) is 0 Å². The summed E-state index contributed by atoms with van der Waals surface area (Å²) in [5.74, 6) is -1.57. The molecule has 1 aliphatic rings. The van der Waals surface area contributed by atoms with Crippen molar-refractivity contribution in [2.75, 3.05) is 11.4 Å². The Balaban J connectivity index is 2.28. The second kappa shape index (κ2) is 5.94. The smallest absolute Gasteiger partial charge is 0.414 e. The fraction of sp³-hybridized carbons (Fsp3) is 0.562. The molecular weight excluding hydrogens is 284 g/mol. The van der Waals surface area contributed by atoms with E-state index >= 15 is 0 Å². The zero-order valence-electron chi connectivity index (χ0n) is 13.4. The lowest BCUT2D eigenvalue weighted by Gasteiger charge is -2.31. The largest absolute Gasteiger partial charge is 0.481 e. The molecule has 22 heavy (non-hydrogen) atoms. The highest BCUT2D eigenvalue weighted by molar-refractivity contribution is 5.89. The Labute approximate surface area is 130 Å². The number of carboxylic acids is 1. The summed E-state index contributed by atoms with van der Waals surface area (Å²) in [6.45, 7) is 7.66. The highest BCUT2D eigenvalue weighted by atomic mass is 16.6. The average Bonchev–Trinajstić information content (AvgIpc) is 2.43. The predicted octanol–water partition coefficient (Wildman–Crippen LogP) is 2.96. The third-order valence-electron chi connectivity index (χ3n) is 3.49. The van der Waals surface area contributed by atoms with Gasteiger partial charge >= 0.3 is 12.1 Å². The molecule has 0 radical (unpaired) electrons. The van der Waals surface area contributed by atoms with Crippen LogP contribution in [0.25, 0.3) is 0 Å². The van der Waals surface area contributed by atoms with E-state index in [0.29, 0.717) is 17.9 Å². The number of fused-ring (bicyclic) bond motifs is 1. The van der Waals surface area contributed by atoms with E-state index < -0.39 is 23.6 Å². The number of amides is 1. The first-order valence-corrected chi connectivity index (χ1v) is 7.42. The van der Waals surface area contributed by atoms with Gasteiger partial charge in [0.25, 0.3) is 0 Å². The van der Waals surface area contributed by atoms with Crippen LogP contribution in [-0.4, -0.2) is 34.3 Å². The lowest BCUT2D eigenvalue weighted by atomic mass is 10.0. The number of carboxylic acid groups (broad SMARTS) is 1. The fourth-order valence-corrected chi connectivity index (χ4v) is 2.34. The molecule has 0 bridgehead atoms. The fourth-order valence-electron chi connectivity index (χ4n) is 2.34. The van der Waals surface area contributed by atoms with Gasteiger partial charge in [-0.15, -0.1) is 0 Å². The van der Waals surface area contributed by atoms with Gasteiger partial charge in [-0.25, -0.2) is 4.79 Å². The highest BCUT2D eigenvalue weighted by Crippen LogP contribution is 2.29. The van der Waals surface area contributed by atoms with Crippen LogP contribution in [0.3, 0.4) is 0 Å². The molecule has 1 amide bonds. The molecule has 0 aromatic carbocycles. The molecule has 120 valence electrons. The van der Waals surface area contributed by atoms with Crippen LogP contribution in [0.2, 0.25) is 0 Å². The van der Waals surface area contributed by atoms with Gasteiger partial charge in [0.1, 0.15) is 5.60 Å². The predicted molar refractivity (Wildman–Crippen MR) is 82.2 cm³/mol. The second-order valence-electron chi connectivity index (χ2n) is 6.50. The van der Waals surface area contributed by atoms with Gasteiger partial charge in [0.05, 0.1) is 23.0 Å². The maximum atomic E-state index is 12.3. The monoisotopic (exact) mass is 306 g/mol. The van der Waals surface area contributed by atoms with E-state index in [9.17, 15) is 9.59 Å². The van der Waals surface area contributed by atoms with E-state index in [1.165, 1.54) is 0 Å². The minimum Gasteiger partial charge on any atom is -0.481 e. The molecule has 1 unspecified atom stereocenters. The summed E-state index contributed by atoms with van der Waals surface area (Å²) < 4.78 is 5.42. The molecule has 6 heteroatoms. The van der Waals surface area contributed by atoms with Gasteiger partial charge in [0.2, 0.25) is 0 Å². The molecule has 1 aromatic heterocycles. The molecule has 2 heterocycles. The summed E-state index contributed by atoms with van der Waals surface area (Å²) in [7, 11) is 0. The first-order chi connectivity index (χ1) is 10.2. The Morgan fingerprint density at radius 2 is 2.05 bits per heavy atom. The molecule has 1 aromatic rings. The Morgan fingerprint density at radius 1 is 1.36 bits per heavy atom. The Bertz CT molecular complexity index is 592. The summed E-state index contributed by atoms with van der Waals surface area (Å²) in [6, 6.07) is 3.43. The number of aromatic nitrogens is 1. The summed E-state index contributed by atoms with van der Waals surface area (Å²) in [6.07, 6.45) is 1.12. The standard InChI is InChI=1S/C16H22N2O4/c1-10(14(19)20)11-7-8-13-12(17-11)6-5-9-18(13)15(21)22-16(2,3)4/h7-8,10H,5-6,9H2,1-4H3,(H,19,20). The number of anilines is 1. The SMILES string of the molecule is CC(C(=O)O)c1ccc2c(n1)CCCN2C(=O)OC(C)(C)C. The lowest BCUT2D eigenvalue weighted by Crippen LogP contribution is -2.40. The minimum absolute atomic E-state index is 0.394. The van der Waals surface area contributed by atoms with E-state index in [0.717, 1.165) is 18.5 Å². The van der Waals surface area contributed by atoms with E-state index in [1.54, 1.807) is 24.0 Å². The number of aryl methyl sites for hydroxylation is 1. The quantitative estimate of drug-likeness (QED) is 0.908. The highest BCUT2D eigenvalue weighted by Gasteiger charge is 2.28. The third-order valence-corrected chi connectivity index (χ3v) is 3.49. The summed E-state index contributed by atoms with van der Waals surface area (Å²) in [5, 5.41) is 9.08. The molecule has 2 rings (SSSR count). The molecular formula is C16H22N2O4. The number of pyridine rings is 1. The number of hydrogen-bond donors (Lipinski definition) is 1. The van der Waals surface area contributed by atoms with Crippen LogP contribution >= 0.6 is 0 Å². The number of ether oxygens (including phenoxy) is 1. The molecule has 0 spiro atoms. The van der Waals surface area contributed by atoms with Gasteiger partial charge < -0.3 is 9.84 Å². The molecule has 1 aliphatic heterocycles. The van der Waals surface area contributed by atoms with Crippen molar-refractivity contribution in [1.29, 1.82) is 0 Å². The van der Waals surface area contributed by atoms with Crippen molar-refractivity contribution >= 4 is 17.7 Å². The third kappa shape index (κ3) is 3.55. The van der Waals surface area contributed by atoms with Crippen LogP contribution in [-0.2, 0) is 16.0 Å². The first kappa shape index (κ1) is 16.3. The Morgan fingerprint density at radius 3 is 2.64 bits per heavy atom. The number of carbonyl (C=O) groups is 2. The topological polar surface area (TPSA) is 79.7 Å². The van der Waals surface area contributed by atoms with Gasteiger partial charge in [-0.2, -0.15) is 0 Å². The van der Waals surface area contributed by atoms with E-state index in [2.05, 4.69) is 4.98 Å². The molecule has 0 saturated heterocycles. The maximum Gasteiger partial charge on any atom is 0.414 e. The van der Waals surface area contributed by atoms with Crippen LogP contribution in [0.5, 0.6) is 0 Å². The summed E-state index contributed by atoms with van der Waals surface area (Å²) >= 11 is 0. The molecule has 0 aliphatic carbocycles. The van der Waals surface area contributed by atoms with E-state index in [-0.39, 0.29) is 0 Å². The number of rotatable bonds is 2. The van der Waals surface area contributed by atoms with Crippen molar-refractivity contribution in [2.45, 2.75) is 52.1 Å². The van der Waals surface area contributed by atoms with Gasteiger partial charge in [-0.05, 0) is 52.7 Å². The van der Waals surface area contributed by atoms with Gasteiger partial charge in [0, 0.05) is 6.54 Å². The number of nitrogens with zero attached hydrogens (tertiary/aromatic N) is 2. The number of carbonyl (C=O) groups excluding carboxylic acids is 1. The number of hydrogen-bond acceptors (Lipinski definition) is 4. The molecule has 1 atom stereocenters. The van der Waals surface area contributed by atoms with Gasteiger partial charge in [0.15, 0.2) is 0 Å². The van der Waals surface area contributed by atoms with E-state index in [1.807, 2.05) is 20.8 Å². The van der Waals surface area contributed by atoms with Crippen molar-refractivity contribution < 1.29 is 19.4 Å².